The van der Waals surface area contributed by atoms with E-state index >= 15 is 0 Å². The number of carbonyl (C=O) groups excluding carboxylic acids is 2. The summed E-state index contributed by atoms with van der Waals surface area (Å²) >= 11 is 0. The van der Waals surface area contributed by atoms with E-state index in [9.17, 15) is 9.59 Å². The topological polar surface area (TPSA) is 102 Å². The summed E-state index contributed by atoms with van der Waals surface area (Å²) in [4.78, 5) is 26.8. The number of nitrogens with two attached hydrogens (primary N) is 1. The Morgan fingerprint density at radius 2 is 2.40 bits per heavy atom. The van der Waals surface area contributed by atoms with Crippen LogP contribution in [0, 0.1) is 0 Å². The molecule has 1 aliphatic rings. The average Bonchev–Trinajstić information content (AvgIpc) is 2.71. The molecule has 82 valence electrons. The molecule has 1 fully saturated rings. The van der Waals surface area contributed by atoms with Crippen molar-refractivity contribution in [3.05, 3.63) is 18.2 Å². The van der Waals surface area contributed by atoms with Crippen LogP contribution in [0.1, 0.15) is 7.25 Å². The lowest BCUT2D eigenvalue weighted by Crippen LogP contribution is -2.51. The van der Waals surface area contributed by atoms with E-state index < -0.39 is 17.5 Å². The molecule has 1 aromatic heterocycles. The first-order chi connectivity index (χ1) is 7.10. The van der Waals surface area contributed by atoms with E-state index in [1.807, 2.05) is 0 Å². The maximum atomic E-state index is 11.7. The van der Waals surface area contributed by atoms with Crippen LogP contribution in [-0.2, 0) is 17.4 Å². The van der Waals surface area contributed by atoms with Crippen molar-refractivity contribution in [2.75, 3.05) is 6.54 Å². The number of amides is 3. The van der Waals surface area contributed by atoms with Crippen molar-refractivity contribution in [2.45, 2.75) is 5.54 Å². The van der Waals surface area contributed by atoms with Crippen molar-refractivity contribution in [1.29, 1.82) is 0 Å². The highest BCUT2D eigenvalue weighted by Gasteiger charge is 2.49. The van der Waals surface area contributed by atoms with E-state index in [1.165, 1.54) is 0 Å². The average molecular weight is 211 g/mol. The number of nitrogens with one attached hydrogen (secondary N) is 2. The molecule has 1 aliphatic heterocycles. The van der Waals surface area contributed by atoms with Crippen molar-refractivity contribution in [3.8, 4) is 0 Å². The summed E-state index contributed by atoms with van der Waals surface area (Å²) in [7, 11) is 1.73. The van der Waals surface area contributed by atoms with Gasteiger partial charge in [0.1, 0.15) is 5.82 Å². The maximum absolute atomic E-state index is 11.7. The van der Waals surface area contributed by atoms with Gasteiger partial charge >= 0.3 is 6.03 Å². The Morgan fingerprint density at radius 3 is 2.80 bits per heavy atom. The van der Waals surface area contributed by atoms with Crippen LogP contribution in [0.4, 0.5) is 4.79 Å². The van der Waals surface area contributed by atoms with Gasteiger partial charge in [0.05, 0.1) is 0 Å². The summed E-state index contributed by atoms with van der Waals surface area (Å²) < 4.78 is 1.65. The Hall–Kier alpha value is -1.89. The van der Waals surface area contributed by atoms with Crippen molar-refractivity contribution in [2.24, 2.45) is 12.8 Å². The second-order valence-corrected chi connectivity index (χ2v) is 3.38. The first-order valence-corrected chi connectivity index (χ1v) is 4.41. The first kappa shape index (κ1) is 9.66. The Morgan fingerprint density at radius 1 is 1.67 bits per heavy atom. The Bertz CT molecular complexity index is 432. The first-order valence-electron chi connectivity index (χ1n) is 4.41. The summed E-state index contributed by atoms with van der Waals surface area (Å²) in [6.45, 7) is -0.0323. The minimum absolute atomic E-state index is 0. The van der Waals surface area contributed by atoms with Gasteiger partial charge in [-0.3, -0.25) is 10.1 Å². The van der Waals surface area contributed by atoms with Gasteiger partial charge < -0.3 is 15.6 Å². The van der Waals surface area contributed by atoms with Gasteiger partial charge in [0.15, 0.2) is 5.54 Å². The number of imide groups is 1. The van der Waals surface area contributed by atoms with Gasteiger partial charge in [0.25, 0.3) is 5.91 Å². The molecule has 1 unspecified atom stereocenters. The second kappa shape index (κ2) is 3.06. The van der Waals surface area contributed by atoms with Crippen LogP contribution < -0.4 is 16.4 Å². The van der Waals surface area contributed by atoms with Crippen molar-refractivity contribution < 1.29 is 11.0 Å². The molecule has 0 bridgehead atoms. The predicted octanol–water partition coefficient (Wildman–Crippen LogP) is -1.34. The number of hydrogen-bond acceptors (Lipinski definition) is 4. The molecule has 7 nitrogen and oxygen atoms in total. The molecule has 2 rings (SSSR count). The van der Waals surface area contributed by atoms with Crippen molar-refractivity contribution in [3.63, 3.8) is 0 Å². The summed E-state index contributed by atoms with van der Waals surface area (Å²) in [6, 6.07) is -0.548. The van der Waals surface area contributed by atoms with E-state index in [2.05, 4.69) is 15.6 Å². The quantitative estimate of drug-likeness (QED) is 0.527. The molecule has 0 radical (unpaired) electrons. The molecule has 4 N–H and O–H groups in total. The zero-order chi connectivity index (χ0) is 11.1. The Balaban J connectivity index is 0.00000128. The number of nitrogens with zero attached hydrogens (tertiary/aromatic N) is 2. The predicted molar refractivity (Wildman–Crippen MR) is 52.7 cm³/mol. The lowest BCUT2D eigenvalue weighted by Gasteiger charge is -2.23. The highest BCUT2D eigenvalue weighted by atomic mass is 16.2. The fraction of sp³-hybridized carbons (Fsp3) is 0.375. The van der Waals surface area contributed by atoms with Crippen LogP contribution in [0.15, 0.2) is 12.4 Å². The largest absolute Gasteiger partial charge is 0.336 e. The van der Waals surface area contributed by atoms with E-state index in [-0.39, 0.29) is 7.97 Å². The highest BCUT2D eigenvalue weighted by molar-refractivity contribution is 6.07. The van der Waals surface area contributed by atoms with Gasteiger partial charge in [-0.25, -0.2) is 9.78 Å². The number of imidazole rings is 1. The third kappa shape index (κ3) is 1.20. The van der Waals surface area contributed by atoms with Gasteiger partial charge in [-0.2, -0.15) is 0 Å². The molecule has 1 atom stereocenters. The molecule has 0 aliphatic carbocycles. The molecule has 2 heterocycles. The van der Waals surface area contributed by atoms with Crippen LogP contribution in [0.2, 0.25) is 0 Å². The summed E-state index contributed by atoms with van der Waals surface area (Å²) in [6.07, 6.45) is 3.23. The summed E-state index contributed by atoms with van der Waals surface area (Å²) in [5.41, 5.74) is 4.31. The highest BCUT2D eigenvalue weighted by Crippen LogP contribution is 2.21. The standard InChI is InChI=1S/C8H11N5O2.H2/c1-13-3-2-10-5(13)8(4-9)6(14)11-7(15)12-8;/h2-3H,4,9H2,1H3,(H2,11,12,14,15);1H. The normalized spacial score (nSPS) is 25.2. The van der Waals surface area contributed by atoms with Crippen LogP contribution in [0.25, 0.3) is 0 Å². The molecular weight excluding hydrogens is 198 g/mol. The van der Waals surface area contributed by atoms with E-state index in [0.29, 0.717) is 5.82 Å². The third-order valence-electron chi connectivity index (χ3n) is 2.45. The zero-order valence-electron chi connectivity index (χ0n) is 8.15. The number of hydrogen-bond donors (Lipinski definition) is 3. The van der Waals surface area contributed by atoms with Crippen LogP contribution in [0.3, 0.4) is 0 Å². The molecule has 7 heteroatoms. The maximum Gasteiger partial charge on any atom is 0.322 e. The van der Waals surface area contributed by atoms with Crippen LogP contribution in [-0.4, -0.2) is 28.0 Å². The van der Waals surface area contributed by atoms with Gasteiger partial charge in [0.2, 0.25) is 0 Å². The molecule has 0 aromatic carbocycles. The lowest BCUT2D eigenvalue weighted by molar-refractivity contribution is -0.124. The number of aromatic nitrogens is 2. The number of carbonyl (C=O) groups is 2. The lowest BCUT2D eigenvalue weighted by atomic mass is 9.99. The molecule has 15 heavy (non-hydrogen) atoms. The number of rotatable bonds is 2. The van der Waals surface area contributed by atoms with Gasteiger partial charge in [-0.15, -0.1) is 0 Å². The van der Waals surface area contributed by atoms with Gasteiger partial charge in [0, 0.05) is 27.4 Å². The monoisotopic (exact) mass is 211 g/mol. The smallest absolute Gasteiger partial charge is 0.322 e. The minimum atomic E-state index is -1.24. The molecule has 0 saturated carbocycles. The molecule has 1 saturated heterocycles. The van der Waals surface area contributed by atoms with E-state index in [0.717, 1.165) is 0 Å². The van der Waals surface area contributed by atoms with Gasteiger partial charge in [-0.05, 0) is 0 Å². The van der Waals surface area contributed by atoms with E-state index in [4.69, 9.17) is 5.73 Å². The zero-order valence-corrected chi connectivity index (χ0v) is 8.15. The molecular formula is C8H13N5O2. The number of aryl methyl sites for hydroxylation is 1. The fourth-order valence-corrected chi connectivity index (χ4v) is 1.66. The Labute approximate surface area is 87.1 Å². The van der Waals surface area contributed by atoms with Gasteiger partial charge in [-0.1, -0.05) is 0 Å². The van der Waals surface area contributed by atoms with Crippen molar-refractivity contribution in [1.82, 2.24) is 20.2 Å². The minimum Gasteiger partial charge on any atom is -0.336 e. The van der Waals surface area contributed by atoms with Crippen LogP contribution >= 0.6 is 0 Å². The van der Waals surface area contributed by atoms with E-state index in [1.54, 1.807) is 24.0 Å². The number of urea groups is 1. The van der Waals surface area contributed by atoms with Crippen LogP contribution in [0.5, 0.6) is 0 Å². The fourth-order valence-electron chi connectivity index (χ4n) is 1.66. The SMILES string of the molecule is Cn1ccnc1C1(CN)NC(=O)NC1=O.[HH]. The summed E-state index contributed by atoms with van der Waals surface area (Å²) in [5.74, 6) is -0.0438. The van der Waals surface area contributed by atoms with Crippen molar-refractivity contribution >= 4 is 11.9 Å². The molecule has 1 aromatic rings. The summed E-state index contributed by atoms with van der Waals surface area (Å²) in [5, 5.41) is 4.65. The molecule has 3 amide bonds. The molecule has 0 spiro atoms. The Kier molecular flexibility index (Phi) is 1.97. The third-order valence-corrected chi connectivity index (χ3v) is 2.45. The second-order valence-electron chi connectivity index (χ2n) is 3.38.